The predicted molar refractivity (Wildman–Crippen MR) is 69.4 cm³/mol. The number of hydrogen-bond acceptors (Lipinski definition) is 3. The zero-order valence-corrected chi connectivity index (χ0v) is 11.2. The zero-order valence-electron chi connectivity index (χ0n) is 9.65. The van der Waals surface area contributed by atoms with Gasteiger partial charge in [-0.25, -0.2) is 0 Å². The Bertz CT molecular complexity index is 406. The minimum atomic E-state index is -1.09. The summed E-state index contributed by atoms with van der Waals surface area (Å²) in [5.74, 6) is 0.378. The lowest BCUT2D eigenvalue weighted by atomic mass is 10.2. The van der Waals surface area contributed by atoms with Crippen molar-refractivity contribution >= 4 is 28.4 Å². The highest BCUT2D eigenvalue weighted by Gasteiger charge is 2.08. The maximum Gasteiger partial charge on any atom is 0.306 e. The van der Waals surface area contributed by atoms with Crippen LogP contribution in [0.4, 0.5) is 0 Å². The van der Waals surface area contributed by atoms with E-state index >= 15 is 0 Å². The number of benzene rings is 1. The quantitative estimate of drug-likeness (QED) is 0.749. The van der Waals surface area contributed by atoms with Crippen LogP contribution in [0.5, 0.6) is 0 Å². The average Bonchev–Trinajstić information content (AvgIpc) is 2.30. The summed E-state index contributed by atoms with van der Waals surface area (Å²) >= 11 is 5.95. The molecular weight excluding hydrogens is 260 g/mol. The first-order chi connectivity index (χ1) is 8.13. The topological polar surface area (TPSA) is 43.4 Å². The molecule has 94 valence electrons. The first kappa shape index (κ1) is 14.2. The third kappa shape index (κ3) is 5.33. The van der Waals surface area contributed by atoms with Gasteiger partial charge < -0.3 is 4.74 Å². The van der Waals surface area contributed by atoms with E-state index < -0.39 is 10.8 Å². The van der Waals surface area contributed by atoms with Crippen molar-refractivity contribution in [1.29, 1.82) is 0 Å². The molecule has 0 aromatic heterocycles. The van der Waals surface area contributed by atoms with Gasteiger partial charge in [0.2, 0.25) is 0 Å². The van der Waals surface area contributed by atoms with Crippen LogP contribution >= 0.6 is 11.6 Å². The highest BCUT2D eigenvalue weighted by molar-refractivity contribution is 7.84. The Balaban J connectivity index is 2.40. The van der Waals surface area contributed by atoms with Crippen molar-refractivity contribution in [3.63, 3.8) is 0 Å². The molecule has 0 aliphatic rings. The summed E-state index contributed by atoms with van der Waals surface area (Å²) in [6, 6.07) is 7.28. The van der Waals surface area contributed by atoms with E-state index in [4.69, 9.17) is 16.3 Å². The van der Waals surface area contributed by atoms with Crippen LogP contribution in [0.3, 0.4) is 0 Å². The Morgan fingerprint density at radius 2 is 2.12 bits per heavy atom. The molecule has 1 unspecified atom stereocenters. The van der Waals surface area contributed by atoms with Gasteiger partial charge in [0.25, 0.3) is 0 Å². The van der Waals surface area contributed by atoms with Gasteiger partial charge in [-0.05, 0) is 18.6 Å². The summed E-state index contributed by atoms with van der Waals surface area (Å²) in [4.78, 5) is 11.1. The molecule has 0 saturated carbocycles. The Kier molecular flexibility index (Phi) is 6.22. The summed E-state index contributed by atoms with van der Waals surface area (Å²) in [7, 11) is -1.09. The van der Waals surface area contributed by atoms with E-state index in [0.717, 1.165) is 5.56 Å². The summed E-state index contributed by atoms with van der Waals surface area (Å²) in [5.41, 5.74) is 0.844. The molecule has 0 bridgehead atoms. The van der Waals surface area contributed by atoms with E-state index in [1.807, 2.05) is 18.2 Å². The van der Waals surface area contributed by atoms with Crippen molar-refractivity contribution < 1.29 is 13.7 Å². The van der Waals surface area contributed by atoms with Crippen LogP contribution < -0.4 is 0 Å². The molecule has 0 heterocycles. The molecule has 5 heteroatoms. The molecule has 0 aliphatic heterocycles. The fourth-order valence-corrected chi connectivity index (χ4v) is 2.71. The van der Waals surface area contributed by atoms with Crippen molar-refractivity contribution in [2.75, 3.05) is 12.4 Å². The van der Waals surface area contributed by atoms with E-state index in [0.29, 0.717) is 23.1 Å². The number of ether oxygens (including phenoxy) is 1. The molecule has 0 radical (unpaired) electrons. The molecule has 17 heavy (non-hydrogen) atoms. The van der Waals surface area contributed by atoms with Crippen LogP contribution in [0.2, 0.25) is 5.02 Å². The van der Waals surface area contributed by atoms with E-state index in [1.54, 1.807) is 13.0 Å². The van der Waals surface area contributed by atoms with Crippen LogP contribution in [-0.2, 0) is 26.1 Å². The fraction of sp³-hybridized carbons (Fsp3) is 0.417. The van der Waals surface area contributed by atoms with Crippen LogP contribution in [0, 0.1) is 0 Å². The Labute approximate surface area is 109 Å². The second-order valence-corrected chi connectivity index (χ2v) is 5.42. The Morgan fingerprint density at radius 1 is 1.41 bits per heavy atom. The summed E-state index contributed by atoms with van der Waals surface area (Å²) in [5, 5.41) is 0.608. The zero-order chi connectivity index (χ0) is 12.7. The first-order valence-corrected chi connectivity index (χ1v) is 7.24. The van der Waals surface area contributed by atoms with Crippen LogP contribution in [0.15, 0.2) is 24.3 Å². The second-order valence-electron chi connectivity index (χ2n) is 3.43. The van der Waals surface area contributed by atoms with Gasteiger partial charge in [-0.15, -0.1) is 0 Å². The molecule has 1 atom stereocenters. The highest BCUT2D eigenvalue weighted by Crippen LogP contribution is 2.16. The summed E-state index contributed by atoms with van der Waals surface area (Å²) in [6.45, 7) is 2.11. The van der Waals surface area contributed by atoms with Gasteiger partial charge in [0.05, 0.1) is 18.8 Å². The van der Waals surface area contributed by atoms with Gasteiger partial charge in [-0.3, -0.25) is 9.00 Å². The summed E-state index contributed by atoms with van der Waals surface area (Å²) < 4.78 is 16.5. The lowest BCUT2D eigenvalue weighted by Crippen LogP contribution is -2.10. The number of hydrogen-bond donors (Lipinski definition) is 0. The Hall–Kier alpha value is -0.870. The van der Waals surface area contributed by atoms with Crippen molar-refractivity contribution in [2.24, 2.45) is 0 Å². The number of carbonyl (C=O) groups is 1. The highest BCUT2D eigenvalue weighted by atomic mass is 35.5. The molecule has 0 spiro atoms. The van der Waals surface area contributed by atoms with Gasteiger partial charge in [-0.2, -0.15) is 0 Å². The van der Waals surface area contributed by atoms with Gasteiger partial charge in [0, 0.05) is 21.6 Å². The maximum atomic E-state index is 11.7. The minimum Gasteiger partial charge on any atom is -0.466 e. The number of carbonyl (C=O) groups excluding carboxylic acids is 1. The third-order valence-corrected chi connectivity index (χ3v) is 3.77. The molecule has 1 aromatic rings. The van der Waals surface area contributed by atoms with E-state index in [-0.39, 0.29) is 12.4 Å². The molecular formula is C12H15ClO3S. The lowest BCUT2D eigenvalue weighted by molar-refractivity contribution is -0.142. The average molecular weight is 275 g/mol. The largest absolute Gasteiger partial charge is 0.466 e. The molecule has 0 saturated heterocycles. The van der Waals surface area contributed by atoms with E-state index in [9.17, 15) is 9.00 Å². The lowest BCUT2D eigenvalue weighted by Gasteiger charge is -2.04. The number of esters is 1. The van der Waals surface area contributed by atoms with Crippen LogP contribution in [-0.4, -0.2) is 22.5 Å². The molecule has 1 rings (SSSR count). The molecule has 0 aliphatic carbocycles. The maximum absolute atomic E-state index is 11.7. The van der Waals surface area contributed by atoms with Gasteiger partial charge in [0.15, 0.2) is 0 Å². The van der Waals surface area contributed by atoms with E-state index in [2.05, 4.69) is 0 Å². The van der Waals surface area contributed by atoms with Crippen LogP contribution in [0.25, 0.3) is 0 Å². The standard InChI is InChI=1S/C12H15ClO3S/c1-2-16-12(14)7-8-17(15)9-10-5-3-4-6-11(10)13/h3-6H,2,7-9H2,1H3. The molecule has 1 aromatic carbocycles. The van der Waals surface area contributed by atoms with Crippen molar-refractivity contribution in [1.82, 2.24) is 0 Å². The van der Waals surface area contributed by atoms with Crippen LogP contribution in [0.1, 0.15) is 18.9 Å². The minimum absolute atomic E-state index is 0.185. The van der Waals surface area contributed by atoms with Crippen molar-refractivity contribution in [3.05, 3.63) is 34.9 Å². The normalized spacial score (nSPS) is 12.1. The molecule has 0 fully saturated rings. The summed E-state index contributed by atoms with van der Waals surface area (Å²) in [6.07, 6.45) is 0.185. The van der Waals surface area contributed by atoms with Crippen molar-refractivity contribution in [2.45, 2.75) is 19.1 Å². The number of rotatable bonds is 6. The Morgan fingerprint density at radius 3 is 2.76 bits per heavy atom. The monoisotopic (exact) mass is 274 g/mol. The molecule has 3 nitrogen and oxygen atoms in total. The molecule has 0 amide bonds. The smallest absolute Gasteiger partial charge is 0.306 e. The SMILES string of the molecule is CCOC(=O)CCS(=O)Cc1ccccc1Cl. The van der Waals surface area contributed by atoms with E-state index in [1.165, 1.54) is 0 Å². The van der Waals surface area contributed by atoms with Gasteiger partial charge >= 0.3 is 5.97 Å². The first-order valence-electron chi connectivity index (χ1n) is 5.37. The predicted octanol–water partition coefficient (Wildman–Crippen LogP) is 2.54. The van der Waals surface area contributed by atoms with Crippen molar-refractivity contribution in [3.8, 4) is 0 Å². The van der Waals surface area contributed by atoms with Gasteiger partial charge in [0.1, 0.15) is 0 Å². The van der Waals surface area contributed by atoms with Gasteiger partial charge in [-0.1, -0.05) is 29.8 Å². The molecule has 0 N–H and O–H groups in total. The fourth-order valence-electron chi connectivity index (χ4n) is 1.29. The number of halogens is 1. The third-order valence-electron chi connectivity index (χ3n) is 2.11. The second kappa shape index (κ2) is 7.45.